The lowest BCUT2D eigenvalue weighted by molar-refractivity contribution is 0.0940. The van der Waals surface area contributed by atoms with Crippen molar-refractivity contribution in [3.05, 3.63) is 92.8 Å². The molecule has 2 aromatic heterocycles. The molecule has 0 aliphatic carbocycles. The Labute approximate surface area is 183 Å². The number of amides is 1. The maximum Gasteiger partial charge on any atom is 0.335 e. The monoisotopic (exact) mass is 430 g/mol. The number of rotatable bonds is 4. The van der Waals surface area contributed by atoms with Crippen molar-refractivity contribution in [1.29, 1.82) is 0 Å². The number of benzene rings is 2. The van der Waals surface area contributed by atoms with E-state index in [9.17, 15) is 14.4 Å². The van der Waals surface area contributed by atoms with Gasteiger partial charge in [-0.1, -0.05) is 36.4 Å². The molecular weight excluding hydrogens is 408 g/mol. The summed E-state index contributed by atoms with van der Waals surface area (Å²) in [5.74, 6) is -0.0982. The van der Waals surface area contributed by atoms with Crippen LogP contribution in [0.5, 0.6) is 0 Å². The number of hydrogen-bond donors (Lipinski definition) is 2. The van der Waals surface area contributed by atoms with Crippen LogP contribution in [0.4, 0.5) is 5.69 Å². The van der Waals surface area contributed by atoms with Crippen molar-refractivity contribution in [1.82, 2.24) is 14.9 Å². The molecular formula is C24H22N4O4. The highest BCUT2D eigenvalue weighted by atomic mass is 16.3. The zero-order valence-corrected chi connectivity index (χ0v) is 17.5. The number of H-pyrrole nitrogens is 1. The number of para-hydroxylation sites is 2. The van der Waals surface area contributed by atoms with Crippen molar-refractivity contribution < 1.29 is 9.21 Å². The molecule has 1 atom stereocenters. The molecule has 8 heteroatoms. The van der Waals surface area contributed by atoms with Gasteiger partial charge in [0.05, 0.1) is 11.3 Å². The Morgan fingerprint density at radius 2 is 1.69 bits per heavy atom. The summed E-state index contributed by atoms with van der Waals surface area (Å²) in [5.41, 5.74) is 0.479. The molecule has 1 saturated heterocycles. The van der Waals surface area contributed by atoms with Gasteiger partial charge in [0.2, 0.25) is 5.71 Å². The average Bonchev–Trinajstić information content (AvgIpc) is 3.39. The first kappa shape index (κ1) is 19.9. The van der Waals surface area contributed by atoms with Gasteiger partial charge in [-0.25, -0.2) is 9.36 Å². The van der Waals surface area contributed by atoms with Gasteiger partial charge in [-0.15, -0.1) is 0 Å². The second-order valence-electron chi connectivity index (χ2n) is 7.88. The Bertz CT molecular complexity index is 1400. The SMILES string of the molecule is Cc1oc2[nH]c(=O)n(-c3ccccc3)c(=O)c2c1C(=O)NC1CCN(c2ccccc2)C1. The van der Waals surface area contributed by atoms with E-state index >= 15 is 0 Å². The van der Waals surface area contributed by atoms with E-state index in [1.807, 2.05) is 30.3 Å². The Hall–Kier alpha value is -4.07. The molecule has 3 heterocycles. The van der Waals surface area contributed by atoms with Gasteiger partial charge in [-0.05, 0) is 37.6 Å². The Morgan fingerprint density at radius 1 is 1.03 bits per heavy atom. The Morgan fingerprint density at radius 3 is 2.38 bits per heavy atom. The van der Waals surface area contributed by atoms with E-state index in [0.717, 1.165) is 23.2 Å². The lowest BCUT2D eigenvalue weighted by atomic mass is 10.1. The molecule has 2 aromatic carbocycles. The highest BCUT2D eigenvalue weighted by Crippen LogP contribution is 2.23. The van der Waals surface area contributed by atoms with Crippen molar-refractivity contribution in [2.24, 2.45) is 0 Å². The second-order valence-corrected chi connectivity index (χ2v) is 7.88. The molecule has 4 aromatic rings. The third-order valence-electron chi connectivity index (χ3n) is 5.81. The molecule has 1 amide bonds. The van der Waals surface area contributed by atoms with Crippen LogP contribution in [0, 0.1) is 6.92 Å². The fraction of sp³-hybridized carbons (Fsp3) is 0.208. The molecule has 1 aliphatic heterocycles. The van der Waals surface area contributed by atoms with Crippen molar-refractivity contribution in [2.45, 2.75) is 19.4 Å². The van der Waals surface area contributed by atoms with Gasteiger partial charge >= 0.3 is 5.69 Å². The largest absolute Gasteiger partial charge is 0.444 e. The van der Waals surface area contributed by atoms with Crippen LogP contribution < -0.4 is 21.5 Å². The number of nitrogens with zero attached hydrogens (tertiary/aromatic N) is 2. The molecule has 0 saturated carbocycles. The van der Waals surface area contributed by atoms with Crippen molar-refractivity contribution >= 4 is 22.7 Å². The number of hydrogen-bond acceptors (Lipinski definition) is 5. The quantitative estimate of drug-likeness (QED) is 0.518. The Kier molecular flexibility index (Phi) is 4.89. The predicted molar refractivity (Wildman–Crippen MR) is 122 cm³/mol. The molecule has 8 nitrogen and oxygen atoms in total. The number of aromatic nitrogens is 2. The van der Waals surface area contributed by atoms with Gasteiger partial charge in [0.25, 0.3) is 11.5 Å². The third kappa shape index (κ3) is 3.39. The number of furan rings is 1. The number of aromatic amines is 1. The number of fused-ring (bicyclic) bond motifs is 1. The van der Waals surface area contributed by atoms with Crippen LogP contribution in [0.15, 0.2) is 74.7 Å². The zero-order chi connectivity index (χ0) is 22.2. The highest BCUT2D eigenvalue weighted by molar-refractivity contribution is 6.06. The van der Waals surface area contributed by atoms with Crippen LogP contribution in [0.2, 0.25) is 0 Å². The molecule has 32 heavy (non-hydrogen) atoms. The second kappa shape index (κ2) is 7.88. The van der Waals surface area contributed by atoms with E-state index in [1.165, 1.54) is 0 Å². The van der Waals surface area contributed by atoms with E-state index in [4.69, 9.17) is 4.42 Å². The van der Waals surface area contributed by atoms with Gasteiger partial charge < -0.3 is 14.6 Å². The maximum absolute atomic E-state index is 13.3. The number of aryl methyl sites for hydroxylation is 1. The fourth-order valence-corrected chi connectivity index (χ4v) is 4.29. The first-order valence-corrected chi connectivity index (χ1v) is 10.5. The average molecular weight is 430 g/mol. The van der Waals surface area contributed by atoms with E-state index < -0.39 is 11.2 Å². The minimum Gasteiger partial charge on any atom is -0.444 e. The van der Waals surface area contributed by atoms with Gasteiger partial charge in [0.1, 0.15) is 11.1 Å². The van der Waals surface area contributed by atoms with Crippen LogP contribution in [0.3, 0.4) is 0 Å². The number of anilines is 1. The molecule has 0 bridgehead atoms. The third-order valence-corrected chi connectivity index (χ3v) is 5.81. The lowest BCUT2D eigenvalue weighted by Gasteiger charge is -2.19. The molecule has 1 aliphatic rings. The molecule has 0 spiro atoms. The Balaban J connectivity index is 1.48. The summed E-state index contributed by atoms with van der Waals surface area (Å²) in [4.78, 5) is 43.8. The van der Waals surface area contributed by atoms with E-state index in [-0.39, 0.29) is 34.4 Å². The van der Waals surface area contributed by atoms with E-state index in [2.05, 4.69) is 15.2 Å². The molecule has 162 valence electrons. The molecule has 2 N–H and O–H groups in total. The predicted octanol–water partition coefficient (Wildman–Crippen LogP) is 2.59. The van der Waals surface area contributed by atoms with Crippen molar-refractivity contribution in [2.75, 3.05) is 18.0 Å². The maximum atomic E-state index is 13.3. The number of nitrogens with one attached hydrogen (secondary N) is 2. The van der Waals surface area contributed by atoms with Crippen LogP contribution in [-0.4, -0.2) is 34.6 Å². The molecule has 5 rings (SSSR count). The first-order valence-electron chi connectivity index (χ1n) is 10.5. The van der Waals surface area contributed by atoms with Crippen LogP contribution in [0.1, 0.15) is 22.5 Å². The summed E-state index contributed by atoms with van der Waals surface area (Å²) >= 11 is 0. The van der Waals surface area contributed by atoms with Crippen LogP contribution in [-0.2, 0) is 0 Å². The number of carbonyl (C=O) groups is 1. The summed E-state index contributed by atoms with van der Waals surface area (Å²) in [7, 11) is 0. The standard InChI is InChI=1S/C24H22N4O4/c1-15-19(21(29)25-16-12-13-27(14-16)17-8-4-2-5-9-17)20-22(32-15)26-24(31)28(23(20)30)18-10-6-3-7-11-18/h2-11,16H,12-14H2,1H3,(H,25,29)(H,26,31). The molecule has 1 fully saturated rings. The lowest BCUT2D eigenvalue weighted by Crippen LogP contribution is -2.38. The van der Waals surface area contributed by atoms with E-state index in [0.29, 0.717) is 12.2 Å². The minimum absolute atomic E-state index is 0.00663. The minimum atomic E-state index is -0.622. The van der Waals surface area contributed by atoms with Gasteiger partial charge in [-0.3, -0.25) is 14.6 Å². The van der Waals surface area contributed by atoms with Gasteiger partial charge in [0, 0.05) is 24.8 Å². The molecule has 0 radical (unpaired) electrons. The molecule has 1 unspecified atom stereocenters. The topological polar surface area (TPSA) is 100 Å². The van der Waals surface area contributed by atoms with Crippen LogP contribution >= 0.6 is 0 Å². The van der Waals surface area contributed by atoms with E-state index in [1.54, 1.807) is 37.3 Å². The van der Waals surface area contributed by atoms with Gasteiger partial charge in [0.15, 0.2) is 0 Å². The van der Waals surface area contributed by atoms with Crippen molar-refractivity contribution in [3.8, 4) is 5.69 Å². The summed E-state index contributed by atoms with van der Waals surface area (Å²) < 4.78 is 6.60. The number of carbonyl (C=O) groups excluding carboxylic acids is 1. The summed E-state index contributed by atoms with van der Waals surface area (Å²) in [5, 5.41) is 3.10. The van der Waals surface area contributed by atoms with Gasteiger partial charge in [-0.2, -0.15) is 0 Å². The normalized spacial score (nSPS) is 15.9. The summed E-state index contributed by atoms with van der Waals surface area (Å²) in [6, 6.07) is 18.5. The fourth-order valence-electron chi connectivity index (χ4n) is 4.29. The summed E-state index contributed by atoms with van der Waals surface area (Å²) in [6.45, 7) is 3.12. The van der Waals surface area contributed by atoms with Crippen LogP contribution in [0.25, 0.3) is 16.8 Å². The summed E-state index contributed by atoms with van der Waals surface area (Å²) in [6.07, 6.45) is 0.792. The highest BCUT2D eigenvalue weighted by Gasteiger charge is 2.28. The smallest absolute Gasteiger partial charge is 0.335 e. The van der Waals surface area contributed by atoms with Crippen molar-refractivity contribution in [3.63, 3.8) is 0 Å². The first-order chi connectivity index (χ1) is 15.5. The zero-order valence-electron chi connectivity index (χ0n) is 17.5.